The molecule has 1 aliphatic carbocycles. The van der Waals surface area contributed by atoms with Gasteiger partial charge in [0.25, 0.3) is 0 Å². The molecule has 0 bridgehead atoms. The van der Waals surface area contributed by atoms with Crippen LogP contribution in [0.15, 0.2) is 12.1 Å². The van der Waals surface area contributed by atoms with Crippen LogP contribution in [0.3, 0.4) is 0 Å². The van der Waals surface area contributed by atoms with Crippen molar-refractivity contribution in [3.05, 3.63) is 50.0 Å². The van der Waals surface area contributed by atoms with Gasteiger partial charge in [-0.05, 0) is 18.6 Å². The van der Waals surface area contributed by atoms with Gasteiger partial charge in [-0.15, -0.1) is 0 Å². The highest BCUT2D eigenvalue weighted by Crippen LogP contribution is 2.45. The number of halogens is 2. The first-order valence-corrected chi connectivity index (χ1v) is 6.87. The van der Waals surface area contributed by atoms with Gasteiger partial charge in [-0.3, -0.25) is 9.59 Å². The van der Waals surface area contributed by atoms with Gasteiger partial charge in [0, 0.05) is 11.6 Å². The Kier molecular flexibility index (Phi) is 3.09. The lowest BCUT2D eigenvalue weighted by Crippen LogP contribution is -2.22. The molecule has 112 valence electrons. The summed E-state index contributed by atoms with van der Waals surface area (Å²) in [7, 11) is 0. The molecule has 0 heterocycles. The van der Waals surface area contributed by atoms with Gasteiger partial charge in [0.05, 0.1) is 26.7 Å². The van der Waals surface area contributed by atoms with E-state index in [2.05, 4.69) is 0 Å². The average molecular weight is 339 g/mol. The standard InChI is InChI=1S/C15H8Cl2O5/c1-4-11(16)9-10(15(22)12(4)17)14(21)8-6(13(9)20)2-5(18)3-7(8)19/h2-3,18-19,22H,1H3. The van der Waals surface area contributed by atoms with Crippen molar-refractivity contribution in [1.82, 2.24) is 0 Å². The molecule has 3 rings (SSSR count). The Morgan fingerprint density at radius 1 is 0.864 bits per heavy atom. The molecule has 0 saturated carbocycles. The lowest BCUT2D eigenvalue weighted by molar-refractivity contribution is 0.0974. The predicted octanol–water partition coefficient (Wildman–Crippen LogP) is 3.19. The maximum Gasteiger partial charge on any atom is 0.202 e. The first kappa shape index (κ1) is 14.7. The summed E-state index contributed by atoms with van der Waals surface area (Å²) in [5.41, 5.74) is -0.768. The topological polar surface area (TPSA) is 94.8 Å². The zero-order valence-corrected chi connectivity index (χ0v) is 12.6. The normalized spacial score (nSPS) is 13.0. The van der Waals surface area contributed by atoms with Crippen LogP contribution < -0.4 is 0 Å². The molecule has 0 spiro atoms. The number of hydrogen-bond acceptors (Lipinski definition) is 5. The molecule has 7 heteroatoms. The average Bonchev–Trinajstić information content (AvgIpc) is 2.45. The summed E-state index contributed by atoms with van der Waals surface area (Å²) in [5.74, 6) is -2.97. The van der Waals surface area contributed by atoms with Crippen LogP contribution in [0.5, 0.6) is 17.2 Å². The number of phenols is 3. The first-order chi connectivity index (χ1) is 10.3. The fourth-order valence-electron chi connectivity index (χ4n) is 2.52. The van der Waals surface area contributed by atoms with Gasteiger partial charge < -0.3 is 15.3 Å². The van der Waals surface area contributed by atoms with E-state index < -0.39 is 23.1 Å². The van der Waals surface area contributed by atoms with Crippen LogP contribution in [0.4, 0.5) is 0 Å². The highest BCUT2D eigenvalue weighted by Gasteiger charge is 2.38. The van der Waals surface area contributed by atoms with Crippen molar-refractivity contribution in [3.8, 4) is 17.2 Å². The maximum atomic E-state index is 12.6. The second-order valence-electron chi connectivity index (χ2n) is 4.90. The summed E-state index contributed by atoms with van der Waals surface area (Å²) in [6.45, 7) is 1.50. The van der Waals surface area contributed by atoms with Crippen LogP contribution in [0.2, 0.25) is 10.0 Å². The van der Waals surface area contributed by atoms with Gasteiger partial charge in [0.1, 0.15) is 17.2 Å². The van der Waals surface area contributed by atoms with E-state index in [-0.39, 0.29) is 43.6 Å². The van der Waals surface area contributed by atoms with Gasteiger partial charge in [0.15, 0.2) is 5.78 Å². The maximum absolute atomic E-state index is 12.6. The van der Waals surface area contributed by atoms with Crippen LogP contribution in [0.25, 0.3) is 0 Å². The van der Waals surface area contributed by atoms with E-state index in [0.29, 0.717) is 0 Å². The molecule has 0 amide bonds. The van der Waals surface area contributed by atoms with E-state index in [1.54, 1.807) is 0 Å². The third-order valence-corrected chi connectivity index (χ3v) is 4.54. The zero-order valence-electron chi connectivity index (χ0n) is 11.1. The molecule has 0 unspecified atom stereocenters. The number of carbonyl (C=O) groups excluding carboxylic acids is 2. The minimum atomic E-state index is -0.789. The number of rotatable bonds is 0. The fraction of sp³-hybridized carbons (Fsp3) is 0.0667. The van der Waals surface area contributed by atoms with Crippen molar-refractivity contribution in [3.63, 3.8) is 0 Å². The van der Waals surface area contributed by atoms with Crippen LogP contribution in [-0.2, 0) is 0 Å². The van der Waals surface area contributed by atoms with Crippen LogP contribution in [0, 0.1) is 6.92 Å². The largest absolute Gasteiger partial charge is 0.508 e. The van der Waals surface area contributed by atoms with Gasteiger partial charge in [0.2, 0.25) is 5.78 Å². The molecule has 0 aliphatic heterocycles. The quantitative estimate of drug-likeness (QED) is 0.585. The van der Waals surface area contributed by atoms with E-state index in [0.717, 1.165) is 12.1 Å². The molecule has 2 aromatic rings. The highest BCUT2D eigenvalue weighted by molar-refractivity contribution is 6.43. The lowest BCUT2D eigenvalue weighted by atomic mass is 9.82. The number of aromatic hydroxyl groups is 3. The summed E-state index contributed by atoms with van der Waals surface area (Å²) in [4.78, 5) is 25.1. The first-order valence-electron chi connectivity index (χ1n) is 6.11. The Bertz CT molecular complexity index is 886. The molecule has 0 saturated heterocycles. The van der Waals surface area contributed by atoms with Crippen molar-refractivity contribution in [2.24, 2.45) is 0 Å². The van der Waals surface area contributed by atoms with Crippen molar-refractivity contribution in [2.75, 3.05) is 0 Å². The SMILES string of the molecule is Cc1c(Cl)c(O)c2c(c1Cl)C(=O)c1cc(O)cc(O)c1C2=O. The molecule has 1 aliphatic rings. The van der Waals surface area contributed by atoms with E-state index in [9.17, 15) is 24.9 Å². The monoisotopic (exact) mass is 338 g/mol. The molecule has 0 radical (unpaired) electrons. The Labute approximate surface area is 134 Å². The smallest absolute Gasteiger partial charge is 0.202 e. The molecule has 3 N–H and O–H groups in total. The van der Waals surface area contributed by atoms with Crippen molar-refractivity contribution in [1.29, 1.82) is 0 Å². The fourth-order valence-corrected chi connectivity index (χ4v) is 3.04. The number of fused-ring (bicyclic) bond motifs is 2. The van der Waals surface area contributed by atoms with Crippen LogP contribution in [-0.4, -0.2) is 26.9 Å². The third-order valence-electron chi connectivity index (χ3n) is 3.60. The van der Waals surface area contributed by atoms with Crippen molar-refractivity contribution in [2.45, 2.75) is 6.92 Å². The summed E-state index contributed by atoms with van der Waals surface area (Å²) >= 11 is 12.0. The molecule has 0 aromatic heterocycles. The van der Waals surface area contributed by atoms with E-state index in [1.807, 2.05) is 0 Å². The van der Waals surface area contributed by atoms with Crippen LogP contribution in [0.1, 0.15) is 37.4 Å². The Morgan fingerprint density at radius 3 is 2.14 bits per heavy atom. The van der Waals surface area contributed by atoms with Gasteiger partial charge in [-0.1, -0.05) is 23.2 Å². The summed E-state index contributed by atoms with van der Waals surface area (Å²) < 4.78 is 0. The third kappa shape index (κ3) is 1.73. The number of phenolic OH excluding ortho intramolecular Hbond substituents is 3. The molecule has 5 nitrogen and oxygen atoms in total. The van der Waals surface area contributed by atoms with Gasteiger partial charge >= 0.3 is 0 Å². The molecule has 2 aromatic carbocycles. The Balaban J connectivity index is 2.47. The number of hydrogen-bond donors (Lipinski definition) is 3. The number of ketones is 2. The number of carbonyl (C=O) groups is 2. The molecular weight excluding hydrogens is 331 g/mol. The van der Waals surface area contributed by atoms with Crippen molar-refractivity contribution >= 4 is 34.8 Å². The van der Waals surface area contributed by atoms with Gasteiger partial charge in [-0.2, -0.15) is 0 Å². The zero-order chi connectivity index (χ0) is 16.3. The Morgan fingerprint density at radius 2 is 1.50 bits per heavy atom. The molecule has 0 fully saturated rings. The van der Waals surface area contributed by atoms with E-state index in [4.69, 9.17) is 23.2 Å². The summed E-state index contributed by atoms with van der Waals surface area (Å²) in [5, 5.41) is 29.3. The predicted molar refractivity (Wildman–Crippen MR) is 79.5 cm³/mol. The molecule has 0 atom stereocenters. The molecular formula is C15H8Cl2O5. The molecule has 22 heavy (non-hydrogen) atoms. The van der Waals surface area contributed by atoms with Gasteiger partial charge in [-0.25, -0.2) is 0 Å². The highest BCUT2D eigenvalue weighted by atomic mass is 35.5. The number of benzene rings is 2. The Hall–Kier alpha value is -2.24. The summed E-state index contributed by atoms with van der Waals surface area (Å²) in [6, 6.07) is 2.00. The minimum Gasteiger partial charge on any atom is -0.508 e. The van der Waals surface area contributed by atoms with E-state index >= 15 is 0 Å². The van der Waals surface area contributed by atoms with Crippen molar-refractivity contribution < 1.29 is 24.9 Å². The summed E-state index contributed by atoms with van der Waals surface area (Å²) in [6.07, 6.45) is 0. The second-order valence-corrected chi connectivity index (χ2v) is 5.65. The second kappa shape index (κ2) is 4.63. The van der Waals surface area contributed by atoms with E-state index in [1.165, 1.54) is 6.92 Å². The van der Waals surface area contributed by atoms with Crippen LogP contribution >= 0.6 is 23.2 Å². The minimum absolute atomic E-state index is 0.0513. The lowest BCUT2D eigenvalue weighted by Gasteiger charge is -2.22.